The smallest absolute Gasteiger partial charge is 0.242 e. The van der Waals surface area contributed by atoms with Crippen molar-refractivity contribution < 1.29 is 9.53 Å². The molecule has 0 saturated carbocycles. The third-order valence-electron chi connectivity index (χ3n) is 5.27. The highest BCUT2D eigenvalue weighted by Crippen LogP contribution is 2.20. The first-order valence-corrected chi connectivity index (χ1v) is 9.60. The van der Waals surface area contributed by atoms with Crippen molar-refractivity contribution in [3.05, 3.63) is 60.4 Å². The van der Waals surface area contributed by atoms with Gasteiger partial charge in [0.25, 0.3) is 0 Å². The summed E-state index contributed by atoms with van der Waals surface area (Å²) in [5, 5.41) is 0. The van der Waals surface area contributed by atoms with Gasteiger partial charge in [-0.2, -0.15) is 0 Å². The molecule has 0 bridgehead atoms. The second-order valence-corrected chi connectivity index (χ2v) is 7.27. The molecule has 0 aliphatic carbocycles. The van der Waals surface area contributed by atoms with Crippen LogP contribution in [0.3, 0.4) is 0 Å². The number of fused-ring (bicyclic) bond motifs is 1. The Bertz CT molecular complexity index is 912. The van der Waals surface area contributed by atoms with Crippen LogP contribution in [0, 0.1) is 5.92 Å². The number of aromatic nitrogens is 2. The van der Waals surface area contributed by atoms with Crippen molar-refractivity contribution in [2.75, 3.05) is 13.1 Å². The Hall–Kier alpha value is -2.82. The number of likely N-dealkylation sites (tertiary alicyclic amines) is 1. The maximum atomic E-state index is 12.9. The van der Waals surface area contributed by atoms with Crippen molar-refractivity contribution in [1.82, 2.24) is 14.5 Å². The van der Waals surface area contributed by atoms with Gasteiger partial charge in [0.05, 0.1) is 11.0 Å². The summed E-state index contributed by atoms with van der Waals surface area (Å²) < 4.78 is 7.89. The molecule has 0 spiro atoms. The van der Waals surface area contributed by atoms with E-state index in [1.807, 2.05) is 64.1 Å². The standard InChI is InChI=1S/C22H25N3O2/c1-17-11-13-24(14-12-17)22(26)15-25-20-10-6-5-9-19(20)23-21(25)16-27-18-7-3-2-4-8-18/h2-10,17H,11-16H2,1H3. The van der Waals surface area contributed by atoms with Gasteiger partial charge in [0.2, 0.25) is 5.91 Å². The molecule has 4 rings (SSSR count). The van der Waals surface area contributed by atoms with Crippen LogP contribution in [0.4, 0.5) is 0 Å². The molecule has 5 heteroatoms. The van der Waals surface area contributed by atoms with Crippen LogP contribution in [0.15, 0.2) is 54.6 Å². The minimum Gasteiger partial charge on any atom is -0.486 e. The molecule has 1 aliphatic heterocycles. The molecule has 3 aromatic rings. The molecular weight excluding hydrogens is 338 g/mol. The summed E-state index contributed by atoms with van der Waals surface area (Å²) in [6, 6.07) is 17.6. The number of rotatable bonds is 5. The molecule has 0 unspecified atom stereocenters. The van der Waals surface area contributed by atoms with E-state index in [0.29, 0.717) is 19.1 Å². The number of nitrogens with zero attached hydrogens (tertiary/aromatic N) is 3. The Balaban J connectivity index is 1.55. The molecule has 140 valence electrons. The fraction of sp³-hybridized carbons (Fsp3) is 0.364. The molecule has 2 heterocycles. The van der Waals surface area contributed by atoms with E-state index >= 15 is 0 Å². The number of hydrogen-bond acceptors (Lipinski definition) is 3. The van der Waals surface area contributed by atoms with Crippen LogP contribution in [0.25, 0.3) is 11.0 Å². The number of hydrogen-bond donors (Lipinski definition) is 0. The van der Waals surface area contributed by atoms with Crippen molar-refractivity contribution in [1.29, 1.82) is 0 Å². The van der Waals surface area contributed by atoms with Gasteiger partial charge in [-0.05, 0) is 43.0 Å². The van der Waals surface area contributed by atoms with Crippen LogP contribution in [-0.2, 0) is 17.9 Å². The number of amides is 1. The molecule has 0 radical (unpaired) electrons. The topological polar surface area (TPSA) is 47.4 Å². The maximum Gasteiger partial charge on any atom is 0.242 e. The van der Waals surface area contributed by atoms with Gasteiger partial charge < -0.3 is 14.2 Å². The second kappa shape index (κ2) is 7.82. The van der Waals surface area contributed by atoms with Crippen LogP contribution in [0.5, 0.6) is 5.75 Å². The molecule has 1 aromatic heterocycles. The zero-order valence-corrected chi connectivity index (χ0v) is 15.7. The summed E-state index contributed by atoms with van der Waals surface area (Å²) in [7, 11) is 0. The minimum absolute atomic E-state index is 0.158. The van der Waals surface area contributed by atoms with E-state index in [4.69, 9.17) is 9.72 Å². The highest BCUT2D eigenvalue weighted by Gasteiger charge is 2.22. The Morgan fingerprint density at radius 2 is 1.78 bits per heavy atom. The minimum atomic E-state index is 0.158. The molecule has 2 aromatic carbocycles. The quantitative estimate of drug-likeness (QED) is 0.691. The number of para-hydroxylation sites is 3. The van der Waals surface area contributed by atoms with E-state index in [1.165, 1.54) is 0 Å². The Morgan fingerprint density at radius 1 is 1.07 bits per heavy atom. The summed E-state index contributed by atoms with van der Waals surface area (Å²) in [6.07, 6.45) is 2.17. The molecular formula is C22H25N3O2. The summed E-state index contributed by atoms with van der Waals surface area (Å²) in [4.78, 5) is 19.6. The molecule has 5 nitrogen and oxygen atoms in total. The van der Waals surface area contributed by atoms with Crippen molar-refractivity contribution in [2.24, 2.45) is 5.92 Å². The SMILES string of the molecule is CC1CCN(C(=O)Cn2c(COc3ccccc3)nc3ccccc32)CC1. The van der Waals surface area contributed by atoms with Crippen LogP contribution in [0.2, 0.25) is 0 Å². The highest BCUT2D eigenvalue weighted by molar-refractivity contribution is 5.81. The normalized spacial score (nSPS) is 15.2. The van der Waals surface area contributed by atoms with E-state index in [-0.39, 0.29) is 5.91 Å². The summed E-state index contributed by atoms with van der Waals surface area (Å²) in [5.74, 6) is 2.44. The number of carbonyl (C=O) groups is 1. The molecule has 1 amide bonds. The van der Waals surface area contributed by atoms with E-state index in [9.17, 15) is 4.79 Å². The van der Waals surface area contributed by atoms with E-state index in [1.54, 1.807) is 0 Å². The largest absolute Gasteiger partial charge is 0.486 e. The molecule has 1 fully saturated rings. The molecule has 27 heavy (non-hydrogen) atoms. The van der Waals surface area contributed by atoms with Gasteiger partial charge in [-0.15, -0.1) is 0 Å². The Labute approximate surface area is 159 Å². The van der Waals surface area contributed by atoms with Gasteiger partial charge in [0, 0.05) is 13.1 Å². The first-order chi connectivity index (χ1) is 13.2. The highest BCUT2D eigenvalue weighted by atomic mass is 16.5. The zero-order chi connectivity index (χ0) is 18.6. The van der Waals surface area contributed by atoms with Gasteiger partial charge in [-0.1, -0.05) is 37.3 Å². The predicted octanol–water partition coefficient (Wildman–Crippen LogP) is 3.87. The van der Waals surface area contributed by atoms with Crippen LogP contribution >= 0.6 is 0 Å². The van der Waals surface area contributed by atoms with Crippen LogP contribution in [0.1, 0.15) is 25.6 Å². The fourth-order valence-corrected chi connectivity index (χ4v) is 3.57. The average molecular weight is 363 g/mol. The Kier molecular flexibility index (Phi) is 5.10. The third kappa shape index (κ3) is 3.97. The van der Waals surface area contributed by atoms with E-state index in [2.05, 4.69) is 6.92 Å². The lowest BCUT2D eigenvalue weighted by Crippen LogP contribution is -2.40. The summed E-state index contributed by atoms with van der Waals surface area (Å²) in [6.45, 7) is 4.60. The first kappa shape index (κ1) is 17.6. The van der Waals surface area contributed by atoms with Crippen molar-refractivity contribution in [3.63, 3.8) is 0 Å². The molecule has 1 saturated heterocycles. The van der Waals surface area contributed by atoms with Crippen LogP contribution < -0.4 is 4.74 Å². The van der Waals surface area contributed by atoms with E-state index < -0.39 is 0 Å². The summed E-state index contributed by atoms with van der Waals surface area (Å²) in [5.41, 5.74) is 1.87. The lowest BCUT2D eigenvalue weighted by molar-refractivity contribution is -0.133. The van der Waals surface area contributed by atoms with Gasteiger partial charge in [0.1, 0.15) is 24.7 Å². The zero-order valence-electron chi connectivity index (χ0n) is 15.7. The first-order valence-electron chi connectivity index (χ1n) is 9.60. The molecule has 0 N–H and O–H groups in total. The average Bonchev–Trinajstić information content (AvgIpc) is 3.05. The number of ether oxygens (including phenoxy) is 1. The number of piperidine rings is 1. The summed E-state index contributed by atoms with van der Waals surface area (Å²) >= 11 is 0. The lowest BCUT2D eigenvalue weighted by Gasteiger charge is -2.30. The van der Waals surface area contributed by atoms with Crippen molar-refractivity contribution in [2.45, 2.75) is 32.9 Å². The van der Waals surface area contributed by atoms with Crippen LogP contribution in [-0.4, -0.2) is 33.4 Å². The molecule has 1 aliphatic rings. The fourth-order valence-electron chi connectivity index (χ4n) is 3.57. The number of benzene rings is 2. The van der Waals surface area contributed by atoms with Crippen molar-refractivity contribution in [3.8, 4) is 5.75 Å². The van der Waals surface area contributed by atoms with Gasteiger partial charge in [-0.25, -0.2) is 4.98 Å². The van der Waals surface area contributed by atoms with E-state index in [0.717, 1.165) is 48.5 Å². The number of carbonyl (C=O) groups excluding carboxylic acids is 1. The Morgan fingerprint density at radius 3 is 2.56 bits per heavy atom. The van der Waals surface area contributed by atoms with Gasteiger partial charge >= 0.3 is 0 Å². The third-order valence-corrected chi connectivity index (χ3v) is 5.27. The van der Waals surface area contributed by atoms with Gasteiger partial charge in [-0.3, -0.25) is 4.79 Å². The predicted molar refractivity (Wildman–Crippen MR) is 105 cm³/mol. The monoisotopic (exact) mass is 363 g/mol. The number of imidazole rings is 1. The maximum absolute atomic E-state index is 12.9. The lowest BCUT2D eigenvalue weighted by atomic mass is 9.99. The second-order valence-electron chi connectivity index (χ2n) is 7.27. The van der Waals surface area contributed by atoms with Crippen molar-refractivity contribution >= 4 is 16.9 Å². The molecule has 0 atom stereocenters. The van der Waals surface area contributed by atoms with Gasteiger partial charge in [0.15, 0.2) is 0 Å².